The van der Waals surface area contributed by atoms with E-state index in [1.807, 2.05) is 0 Å². The largest absolute Gasteiger partial charge is 0.495 e. The van der Waals surface area contributed by atoms with Crippen molar-refractivity contribution in [1.29, 1.82) is 0 Å². The lowest BCUT2D eigenvalue weighted by atomic mass is 10.2. The maximum Gasteiger partial charge on any atom is 0.236 e. The Labute approximate surface area is 92.0 Å². The number of hydrogen-bond acceptors (Lipinski definition) is 3. The van der Waals surface area contributed by atoms with Crippen molar-refractivity contribution < 1.29 is 13.2 Å². The topological polar surface area (TPSA) is 43.4 Å². The van der Waals surface area contributed by atoms with Crippen LogP contribution in [0.15, 0.2) is 18.2 Å². The molecule has 14 heavy (non-hydrogen) atoms. The highest BCUT2D eigenvalue weighted by Gasteiger charge is 2.09. The lowest BCUT2D eigenvalue weighted by Gasteiger charge is -2.04. The van der Waals surface area contributed by atoms with Crippen molar-refractivity contribution in [3.05, 3.63) is 28.8 Å². The van der Waals surface area contributed by atoms with Crippen molar-refractivity contribution in [1.82, 2.24) is 0 Å². The Morgan fingerprint density at radius 3 is 2.57 bits per heavy atom. The smallest absolute Gasteiger partial charge is 0.236 e. The molecular formula is C8H8Cl2O3S. The van der Waals surface area contributed by atoms with E-state index in [-0.39, 0.29) is 5.75 Å². The third-order valence-corrected chi connectivity index (χ3v) is 2.87. The molecule has 78 valence electrons. The Balaban J connectivity index is 3.01. The summed E-state index contributed by atoms with van der Waals surface area (Å²) >= 11 is 5.76. The van der Waals surface area contributed by atoms with Gasteiger partial charge in [0.15, 0.2) is 0 Å². The summed E-state index contributed by atoms with van der Waals surface area (Å²) in [5, 5.41) is 0.434. The summed E-state index contributed by atoms with van der Waals surface area (Å²) in [5.41, 5.74) is 0.543. The number of ether oxygens (including phenoxy) is 1. The summed E-state index contributed by atoms with van der Waals surface area (Å²) in [5.74, 6) is 0.201. The molecule has 0 saturated heterocycles. The van der Waals surface area contributed by atoms with E-state index in [0.29, 0.717) is 16.3 Å². The fraction of sp³-hybridized carbons (Fsp3) is 0.250. The Morgan fingerprint density at radius 1 is 1.43 bits per heavy atom. The molecule has 0 aliphatic heterocycles. The third kappa shape index (κ3) is 3.36. The van der Waals surface area contributed by atoms with Crippen LogP contribution in [0.2, 0.25) is 5.02 Å². The minimum absolute atomic E-state index is 0.234. The minimum Gasteiger partial charge on any atom is -0.495 e. The summed E-state index contributed by atoms with van der Waals surface area (Å²) in [7, 11) is 3.02. The highest BCUT2D eigenvalue weighted by molar-refractivity contribution is 8.13. The van der Waals surface area contributed by atoms with Crippen molar-refractivity contribution in [3.8, 4) is 5.75 Å². The molecule has 0 saturated carbocycles. The van der Waals surface area contributed by atoms with Crippen molar-refractivity contribution >= 4 is 31.3 Å². The number of halogens is 2. The zero-order chi connectivity index (χ0) is 10.8. The SMILES string of the molecule is COc1cc(CS(=O)(=O)Cl)ccc1Cl. The molecule has 3 nitrogen and oxygen atoms in total. The number of hydrogen-bond donors (Lipinski definition) is 0. The fourth-order valence-electron chi connectivity index (χ4n) is 0.993. The van der Waals surface area contributed by atoms with Crippen molar-refractivity contribution in [2.45, 2.75) is 5.75 Å². The molecule has 0 amide bonds. The molecule has 0 spiro atoms. The number of benzene rings is 1. The molecule has 0 aliphatic rings. The Kier molecular flexibility index (Phi) is 3.64. The lowest BCUT2D eigenvalue weighted by molar-refractivity contribution is 0.414. The van der Waals surface area contributed by atoms with Crippen LogP contribution in [0.4, 0.5) is 0 Å². The van der Waals surface area contributed by atoms with E-state index >= 15 is 0 Å². The molecule has 6 heteroatoms. The summed E-state index contributed by atoms with van der Waals surface area (Å²) in [6.07, 6.45) is 0. The molecule has 0 bridgehead atoms. The maximum atomic E-state index is 10.8. The first-order chi connectivity index (χ1) is 6.42. The molecular weight excluding hydrogens is 247 g/mol. The molecule has 0 radical (unpaired) electrons. The van der Waals surface area contributed by atoms with Crippen molar-refractivity contribution in [2.75, 3.05) is 7.11 Å². The van der Waals surface area contributed by atoms with Gasteiger partial charge in [-0.15, -0.1) is 0 Å². The van der Waals surface area contributed by atoms with Gasteiger partial charge in [-0.25, -0.2) is 8.42 Å². The molecule has 0 atom stereocenters. The van der Waals surface area contributed by atoms with Gasteiger partial charge in [0.25, 0.3) is 0 Å². The van der Waals surface area contributed by atoms with E-state index < -0.39 is 9.05 Å². The first-order valence-electron chi connectivity index (χ1n) is 3.67. The van der Waals surface area contributed by atoms with Gasteiger partial charge in [0.2, 0.25) is 9.05 Å². The first-order valence-corrected chi connectivity index (χ1v) is 6.53. The van der Waals surface area contributed by atoms with Crippen LogP contribution in [0.5, 0.6) is 5.75 Å². The second-order valence-corrected chi connectivity index (χ2v) is 5.84. The highest BCUT2D eigenvalue weighted by Crippen LogP contribution is 2.26. The second kappa shape index (κ2) is 4.38. The minimum atomic E-state index is -3.54. The molecule has 0 heterocycles. The molecule has 0 aliphatic carbocycles. The van der Waals surface area contributed by atoms with E-state index in [0.717, 1.165) is 0 Å². The Morgan fingerprint density at radius 2 is 2.07 bits per heavy atom. The van der Waals surface area contributed by atoms with Crippen LogP contribution >= 0.6 is 22.3 Å². The Hall–Kier alpha value is -0.450. The molecule has 1 aromatic rings. The third-order valence-electron chi connectivity index (χ3n) is 1.55. The van der Waals surface area contributed by atoms with Gasteiger partial charge >= 0.3 is 0 Å². The van der Waals surface area contributed by atoms with Gasteiger partial charge in [0.1, 0.15) is 5.75 Å². The summed E-state index contributed by atoms with van der Waals surface area (Å²) in [6.45, 7) is 0. The summed E-state index contributed by atoms with van der Waals surface area (Å²) < 4.78 is 26.5. The van der Waals surface area contributed by atoms with Crippen LogP contribution < -0.4 is 4.74 Å². The van der Waals surface area contributed by atoms with Gasteiger partial charge in [-0.05, 0) is 17.7 Å². The average molecular weight is 255 g/mol. The summed E-state index contributed by atoms with van der Waals surface area (Å²) in [4.78, 5) is 0. The quantitative estimate of drug-likeness (QED) is 0.779. The van der Waals surface area contributed by atoms with E-state index in [9.17, 15) is 8.42 Å². The van der Waals surface area contributed by atoms with Gasteiger partial charge < -0.3 is 4.74 Å². The zero-order valence-electron chi connectivity index (χ0n) is 7.33. The number of rotatable bonds is 3. The number of methoxy groups -OCH3 is 1. The predicted molar refractivity (Wildman–Crippen MR) is 56.5 cm³/mol. The predicted octanol–water partition coefficient (Wildman–Crippen LogP) is 2.42. The van der Waals surface area contributed by atoms with Crippen LogP contribution in [0.25, 0.3) is 0 Å². The standard InChI is InChI=1S/C8H8Cl2O3S/c1-13-8-4-6(2-3-7(8)9)5-14(10,11)12/h2-4H,5H2,1H3. The van der Waals surface area contributed by atoms with Gasteiger partial charge in [0.05, 0.1) is 17.9 Å². The molecule has 0 unspecified atom stereocenters. The Bertz CT molecular complexity index is 428. The highest BCUT2D eigenvalue weighted by atomic mass is 35.7. The lowest BCUT2D eigenvalue weighted by Crippen LogP contribution is -1.95. The van der Waals surface area contributed by atoms with E-state index in [2.05, 4.69) is 0 Å². The molecule has 0 aromatic heterocycles. The van der Waals surface area contributed by atoms with E-state index in [4.69, 9.17) is 27.0 Å². The average Bonchev–Trinajstić information content (AvgIpc) is 2.06. The fourth-order valence-corrected chi connectivity index (χ4v) is 2.14. The van der Waals surface area contributed by atoms with E-state index in [1.54, 1.807) is 18.2 Å². The van der Waals surface area contributed by atoms with E-state index in [1.165, 1.54) is 7.11 Å². The maximum absolute atomic E-state index is 10.8. The van der Waals surface area contributed by atoms with Crippen LogP contribution in [0, 0.1) is 0 Å². The first kappa shape index (κ1) is 11.6. The van der Waals surface area contributed by atoms with Gasteiger partial charge in [-0.1, -0.05) is 17.7 Å². The van der Waals surface area contributed by atoms with Gasteiger partial charge in [-0.2, -0.15) is 0 Å². The molecule has 1 aromatic carbocycles. The molecule has 0 N–H and O–H groups in total. The molecule has 0 fully saturated rings. The zero-order valence-corrected chi connectivity index (χ0v) is 9.66. The normalized spacial score (nSPS) is 11.4. The molecule has 1 rings (SSSR count). The van der Waals surface area contributed by atoms with Crippen LogP contribution in [0.3, 0.4) is 0 Å². The van der Waals surface area contributed by atoms with Crippen molar-refractivity contribution in [2.24, 2.45) is 0 Å². The van der Waals surface area contributed by atoms with Crippen LogP contribution in [0.1, 0.15) is 5.56 Å². The van der Waals surface area contributed by atoms with Crippen LogP contribution in [-0.2, 0) is 14.8 Å². The van der Waals surface area contributed by atoms with Gasteiger partial charge in [0, 0.05) is 10.7 Å². The second-order valence-electron chi connectivity index (χ2n) is 2.65. The van der Waals surface area contributed by atoms with Crippen LogP contribution in [-0.4, -0.2) is 15.5 Å². The van der Waals surface area contributed by atoms with Gasteiger partial charge in [-0.3, -0.25) is 0 Å². The summed E-state index contributed by atoms with van der Waals surface area (Å²) in [6, 6.07) is 4.70. The van der Waals surface area contributed by atoms with Crippen molar-refractivity contribution in [3.63, 3.8) is 0 Å². The monoisotopic (exact) mass is 254 g/mol.